The first-order valence-electron chi connectivity index (χ1n) is 20.5. The molecule has 1 heterocycles. The molecule has 0 radical (unpaired) electrons. The molecule has 1 fully saturated rings. The summed E-state index contributed by atoms with van der Waals surface area (Å²) in [5, 5.41) is 0. The van der Waals surface area contributed by atoms with Gasteiger partial charge in [0.25, 0.3) is 0 Å². The molecule has 0 aromatic rings. The van der Waals surface area contributed by atoms with Crippen molar-refractivity contribution >= 4 is 19.8 Å². The zero-order valence-corrected chi connectivity index (χ0v) is 34.8. The van der Waals surface area contributed by atoms with E-state index in [9.17, 15) is 19.0 Å². The molecule has 0 aliphatic carbocycles. The number of quaternary nitrogens is 1. The van der Waals surface area contributed by atoms with Gasteiger partial charge in [0.1, 0.15) is 19.8 Å². The van der Waals surface area contributed by atoms with Crippen LogP contribution in [0.4, 0.5) is 0 Å². The van der Waals surface area contributed by atoms with Gasteiger partial charge >= 0.3 is 19.8 Å². The number of epoxide rings is 1. The molecule has 11 heteroatoms. The van der Waals surface area contributed by atoms with Crippen molar-refractivity contribution in [3.05, 3.63) is 48.6 Å². The number of carbonyl (C=O) groups is 2. The van der Waals surface area contributed by atoms with E-state index in [0.717, 1.165) is 51.4 Å². The maximum Gasteiger partial charge on any atom is 0.472 e. The number of ether oxygens (including phenoxy) is 3. The van der Waals surface area contributed by atoms with Gasteiger partial charge < -0.3 is 23.6 Å². The number of phosphoric ester groups is 1. The van der Waals surface area contributed by atoms with Crippen LogP contribution in [0.15, 0.2) is 48.6 Å². The van der Waals surface area contributed by atoms with Crippen LogP contribution in [-0.2, 0) is 37.4 Å². The molecule has 0 saturated carbocycles. The third-order valence-electron chi connectivity index (χ3n) is 8.78. The van der Waals surface area contributed by atoms with Gasteiger partial charge in [-0.05, 0) is 51.4 Å². The molecular formula is C42H75NO9P+. The van der Waals surface area contributed by atoms with Crippen LogP contribution in [0.2, 0.25) is 0 Å². The Morgan fingerprint density at radius 3 is 1.83 bits per heavy atom. The molecule has 0 aromatic heterocycles. The summed E-state index contributed by atoms with van der Waals surface area (Å²) in [5.41, 5.74) is 0. The second-order valence-corrected chi connectivity index (χ2v) is 16.5. The van der Waals surface area contributed by atoms with E-state index in [1.165, 1.54) is 51.4 Å². The van der Waals surface area contributed by atoms with Crippen LogP contribution >= 0.6 is 7.82 Å². The van der Waals surface area contributed by atoms with Crippen molar-refractivity contribution in [2.24, 2.45) is 0 Å². The third-order valence-corrected chi connectivity index (χ3v) is 9.76. The van der Waals surface area contributed by atoms with Crippen molar-refractivity contribution in [1.29, 1.82) is 0 Å². The topological polar surface area (TPSA) is 121 Å². The Kier molecular flexibility index (Phi) is 28.8. The minimum Gasteiger partial charge on any atom is -0.462 e. The van der Waals surface area contributed by atoms with Crippen molar-refractivity contribution in [3.63, 3.8) is 0 Å². The first kappa shape index (κ1) is 48.9. The number of phosphoric acid groups is 1. The highest BCUT2D eigenvalue weighted by atomic mass is 31.2. The van der Waals surface area contributed by atoms with E-state index in [1.807, 2.05) is 27.2 Å². The lowest BCUT2D eigenvalue weighted by atomic mass is 10.1. The van der Waals surface area contributed by atoms with Crippen LogP contribution in [0.3, 0.4) is 0 Å². The second kappa shape index (κ2) is 31.2. The summed E-state index contributed by atoms with van der Waals surface area (Å²) < 4.78 is 39.9. The molecule has 4 unspecified atom stereocenters. The van der Waals surface area contributed by atoms with Crippen LogP contribution in [0.5, 0.6) is 0 Å². The number of allylic oxidation sites excluding steroid dienone is 6. The number of unbranched alkanes of at least 4 members (excludes halogenated alkanes) is 11. The Morgan fingerprint density at radius 2 is 1.25 bits per heavy atom. The second-order valence-electron chi connectivity index (χ2n) is 15.0. The van der Waals surface area contributed by atoms with Crippen molar-refractivity contribution in [2.45, 2.75) is 161 Å². The summed E-state index contributed by atoms with van der Waals surface area (Å²) in [5.74, 6) is -0.876. The van der Waals surface area contributed by atoms with E-state index in [-0.39, 0.29) is 32.0 Å². The van der Waals surface area contributed by atoms with Crippen molar-refractivity contribution in [1.82, 2.24) is 0 Å². The minimum atomic E-state index is -4.39. The van der Waals surface area contributed by atoms with Gasteiger partial charge in [0.2, 0.25) is 0 Å². The van der Waals surface area contributed by atoms with E-state index in [1.54, 1.807) is 0 Å². The predicted molar refractivity (Wildman–Crippen MR) is 214 cm³/mol. The first-order valence-corrected chi connectivity index (χ1v) is 22.0. The summed E-state index contributed by atoms with van der Waals surface area (Å²) in [6.45, 7) is 4.20. The summed E-state index contributed by atoms with van der Waals surface area (Å²) >= 11 is 0. The SMILES string of the molecule is CC/C=C\C/C=C\CC1OC1C/C=C\C/C=C\CCCC(=O)OC(COC(=O)CCCCCCCCCCCCC)COP(=O)(O)OCC[N+](C)(C)C. The molecule has 0 amide bonds. The average molecular weight is 769 g/mol. The normalized spacial score (nSPS) is 18.0. The Hall–Kier alpha value is -2.07. The quantitative estimate of drug-likeness (QED) is 0.0168. The molecule has 306 valence electrons. The van der Waals surface area contributed by atoms with E-state index in [2.05, 4.69) is 56.4 Å². The summed E-state index contributed by atoms with van der Waals surface area (Å²) in [6, 6.07) is 0. The van der Waals surface area contributed by atoms with Crippen LogP contribution in [0, 0.1) is 0 Å². The molecule has 1 N–H and O–H groups in total. The zero-order valence-electron chi connectivity index (χ0n) is 33.9. The van der Waals surface area contributed by atoms with Gasteiger partial charge in [-0.25, -0.2) is 4.57 Å². The lowest BCUT2D eigenvalue weighted by molar-refractivity contribution is -0.870. The number of hydrogen-bond donors (Lipinski definition) is 1. The number of rotatable bonds is 35. The maximum absolute atomic E-state index is 12.6. The molecule has 1 aliphatic heterocycles. The number of esters is 2. The molecule has 1 rings (SSSR count). The Morgan fingerprint density at radius 1 is 0.698 bits per heavy atom. The summed E-state index contributed by atoms with van der Waals surface area (Å²) in [7, 11) is 1.43. The van der Waals surface area contributed by atoms with Gasteiger partial charge in [-0.2, -0.15) is 0 Å². The fourth-order valence-electron chi connectivity index (χ4n) is 5.44. The highest BCUT2D eigenvalue weighted by molar-refractivity contribution is 7.47. The van der Waals surface area contributed by atoms with Gasteiger partial charge in [0.15, 0.2) is 6.10 Å². The number of hydrogen-bond acceptors (Lipinski definition) is 8. The van der Waals surface area contributed by atoms with Crippen molar-refractivity contribution < 1.29 is 46.8 Å². The fraction of sp³-hybridized carbons (Fsp3) is 0.762. The highest BCUT2D eigenvalue weighted by Gasteiger charge is 2.36. The molecule has 1 aliphatic rings. The summed E-state index contributed by atoms with van der Waals surface area (Å²) in [6.07, 6.45) is 36.3. The van der Waals surface area contributed by atoms with Crippen molar-refractivity contribution in [3.8, 4) is 0 Å². The number of likely N-dealkylation sites (N-methyl/N-ethyl adjacent to an activating group) is 1. The van der Waals surface area contributed by atoms with Crippen LogP contribution < -0.4 is 0 Å². The highest BCUT2D eigenvalue weighted by Crippen LogP contribution is 2.43. The number of nitrogens with zero attached hydrogens (tertiary/aromatic N) is 1. The van der Waals surface area contributed by atoms with Gasteiger partial charge in [-0.3, -0.25) is 18.6 Å². The predicted octanol–water partition coefficient (Wildman–Crippen LogP) is 10.1. The standard InChI is InChI=1S/C42H74NO9P/c1-6-8-10-12-14-15-16-17-20-24-28-32-41(44)48-36-38(37-50-53(46,47)49-35-34-43(3,4)5)51-42(45)33-29-25-21-18-19-23-27-31-40-39(52-40)30-26-22-13-11-9-7-2/h9,11,18,21-23,26-27,38-40H,6-8,10,12-17,19-20,24-25,28-37H2,1-5H3/p+1/b11-9-,21-18-,26-22-,27-23-. The largest absolute Gasteiger partial charge is 0.472 e. The molecule has 0 bridgehead atoms. The minimum absolute atomic E-state index is 0.0177. The zero-order chi connectivity index (χ0) is 39.0. The lowest BCUT2D eigenvalue weighted by Gasteiger charge is -2.24. The van der Waals surface area contributed by atoms with Crippen LogP contribution in [0.25, 0.3) is 0 Å². The van der Waals surface area contributed by atoms with E-state index in [4.69, 9.17) is 23.3 Å². The Labute approximate surface area is 322 Å². The fourth-order valence-corrected chi connectivity index (χ4v) is 6.18. The first-order chi connectivity index (χ1) is 25.5. The number of carbonyl (C=O) groups excluding carboxylic acids is 2. The van der Waals surface area contributed by atoms with E-state index in [0.29, 0.717) is 36.1 Å². The smallest absolute Gasteiger partial charge is 0.462 e. The van der Waals surface area contributed by atoms with Crippen LogP contribution in [0.1, 0.15) is 142 Å². The molecule has 1 saturated heterocycles. The Balaban J connectivity index is 2.36. The average Bonchev–Trinajstić information content (AvgIpc) is 3.86. The maximum atomic E-state index is 12.6. The van der Waals surface area contributed by atoms with Gasteiger partial charge in [-0.15, -0.1) is 0 Å². The van der Waals surface area contributed by atoms with E-state index >= 15 is 0 Å². The Bertz CT molecular complexity index is 1110. The monoisotopic (exact) mass is 769 g/mol. The van der Waals surface area contributed by atoms with Gasteiger partial charge in [-0.1, -0.05) is 127 Å². The van der Waals surface area contributed by atoms with Crippen LogP contribution in [-0.4, -0.2) is 87.1 Å². The molecule has 0 aromatic carbocycles. The molecular weight excluding hydrogens is 693 g/mol. The molecule has 0 spiro atoms. The molecule has 4 atom stereocenters. The van der Waals surface area contributed by atoms with Crippen molar-refractivity contribution in [2.75, 3.05) is 47.5 Å². The third kappa shape index (κ3) is 31.9. The van der Waals surface area contributed by atoms with Gasteiger partial charge in [0.05, 0.1) is 40.0 Å². The van der Waals surface area contributed by atoms with Gasteiger partial charge in [0, 0.05) is 12.8 Å². The lowest BCUT2D eigenvalue weighted by Crippen LogP contribution is -2.37. The summed E-state index contributed by atoms with van der Waals surface area (Å²) in [4.78, 5) is 35.2. The molecule has 10 nitrogen and oxygen atoms in total. The van der Waals surface area contributed by atoms with E-state index < -0.39 is 26.5 Å². The molecule has 53 heavy (non-hydrogen) atoms.